The van der Waals surface area contributed by atoms with Crippen LogP contribution in [0.5, 0.6) is 11.5 Å². The second-order valence-corrected chi connectivity index (χ2v) is 6.08. The lowest BCUT2D eigenvalue weighted by Gasteiger charge is -2.08. The summed E-state index contributed by atoms with van der Waals surface area (Å²) in [6, 6.07) is 15.0. The molecule has 6 heteroatoms. The number of rotatable bonds is 10. The molecule has 0 saturated heterocycles. The number of nitrogens with zero attached hydrogens (tertiary/aromatic N) is 1. The van der Waals surface area contributed by atoms with Gasteiger partial charge in [-0.2, -0.15) is 5.26 Å². The van der Waals surface area contributed by atoms with E-state index in [1.807, 2.05) is 13.0 Å². The van der Waals surface area contributed by atoms with Gasteiger partial charge in [0.2, 0.25) is 0 Å². The van der Waals surface area contributed by atoms with E-state index in [1.165, 1.54) is 0 Å². The number of hydrogen-bond donors (Lipinski definition) is 0. The standard InChI is InChI=1S/C22H23NO5/c1-2-5-21(24)27-15-4-3-14-26-19-12-8-18(9-13-19)22(25)28-20-10-6-17(16-23)7-11-20/h6-13H,2-5,14-15H2,1H3. The summed E-state index contributed by atoms with van der Waals surface area (Å²) in [6.45, 7) is 2.84. The van der Waals surface area contributed by atoms with Gasteiger partial charge in [0.05, 0.1) is 30.4 Å². The minimum atomic E-state index is -0.481. The highest BCUT2D eigenvalue weighted by atomic mass is 16.5. The molecule has 2 rings (SSSR count). The summed E-state index contributed by atoms with van der Waals surface area (Å²) in [5, 5.41) is 8.77. The first-order chi connectivity index (χ1) is 13.6. The number of esters is 2. The van der Waals surface area contributed by atoms with Crippen LogP contribution in [0.1, 0.15) is 48.5 Å². The van der Waals surface area contributed by atoms with Crippen LogP contribution in [0.25, 0.3) is 0 Å². The Labute approximate surface area is 164 Å². The van der Waals surface area contributed by atoms with Crippen molar-refractivity contribution in [2.45, 2.75) is 32.6 Å². The Hall–Kier alpha value is -3.33. The molecular formula is C22H23NO5. The highest BCUT2D eigenvalue weighted by Gasteiger charge is 2.09. The van der Waals surface area contributed by atoms with E-state index >= 15 is 0 Å². The van der Waals surface area contributed by atoms with E-state index in [0.29, 0.717) is 42.3 Å². The Morgan fingerprint density at radius 3 is 2.21 bits per heavy atom. The van der Waals surface area contributed by atoms with Crippen molar-refractivity contribution in [1.29, 1.82) is 5.26 Å². The third-order valence-corrected chi connectivity index (χ3v) is 3.81. The normalized spacial score (nSPS) is 10.0. The van der Waals surface area contributed by atoms with Crippen molar-refractivity contribution < 1.29 is 23.8 Å². The molecule has 2 aromatic carbocycles. The van der Waals surface area contributed by atoms with Crippen LogP contribution in [0.2, 0.25) is 0 Å². The second kappa shape index (κ2) is 11.4. The number of unbranched alkanes of at least 4 members (excludes halogenated alkanes) is 1. The van der Waals surface area contributed by atoms with Gasteiger partial charge in [-0.05, 0) is 67.8 Å². The van der Waals surface area contributed by atoms with Gasteiger partial charge in [-0.15, -0.1) is 0 Å². The predicted octanol–water partition coefficient (Wildman–Crippen LogP) is 4.28. The number of carbonyl (C=O) groups excluding carboxylic acids is 2. The predicted molar refractivity (Wildman–Crippen MR) is 103 cm³/mol. The van der Waals surface area contributed by atoms with E-state index in [0.717, 1.165) is 19.3 Å². The summed E-state index contributed by atoms with van der Waals surface area (Å²) in [6.07, 6.45) is 2.75. The van der Waals surface area contributed by atoms with E-state index in [9.17, 15) is 9.59 Å². The lowest BCUT2D eigenvalue weighted by atomic mass is 10.2. The third-order valence-electron chi connectivity index (χ3n) is 3.81. The van der Waals surface area contributed by atoms with Gasteiger partial charge in [0.15, 0.2) is 0 Å². The molecule has 0 aliphatic carbocycles. The fourth-order valence-corrected chi connectivity index (χ4v) is 2.31. The number of hydrogen-bond acceptors (Lipinski definition) is 6. The minimum Gasteiger partial charge on any atom is -0.494 e. The van der Waals surface area contributed by atoms with Crippen molar-refractivity contribution in [1.82, 2.24) is 0 Å². The summed E-state index contributed by atoms with van der Waals surface area (Å²) < 4.78 is 16.0. The molecule has 28 heavy (non-hydrogen) atoms. The van der Waals surface area contributed by atoms with Crippen LogP contribution in [0, 0.1) is 11.3 Å². The Morgan fingerprint density at radius 2 is 1.57 bits per heavy atom. The zero-order chi connectivity index (χ0) is 20.2. The molecule has 0 spiro atoms. The van der Waals surface area contributed by atoms with E-state index in [-0.39, 0.29) is 5.97 Å². The van der Waals surface area contributed by atoms with E-state index in [1.54, 1.807) is 48.5 Å². The van der Waals surface area contributed by atoms with Crippen LogP contribution in [-0.4, -0.2) is 25.2 Å². The summed E-state index contributed by atoms with van der Waals surface area (Å²) in [5.74, 6) is 0.388. The van der Waals surface area contributed by atoms with Crippen molar-refractivity contribution in [3.63, 3.8) is 0 Å². The first kappa shape index (κ1) is 21.0. The van der Waals surface area contributed by atoms with E-state index in [2.05, 4.69) is 0 Å². The van der Waals surface area contributed by atoms with Gasteiger partial charge in [-0.25, -0.2) is 4.79 Å². The molecule has 0 unspecified atom stereocenters. The maximum atomic E-state index is 12.1. The number of carbonyl (C=O) groups is 2. The Bertz CT molecular complexity index is 806. The van der Waals surface area contributed by atoms with Crippen LogP contribution in [0.15, 0.2) is 48.5 Å². The molecule has 6 nitrogen and oxygen atoms in total. The van der Waals surface area contributed by atoms with Gasteiger partial charge in [0.1, 0.15) is 11.5 Å². The SMILES string of the molecule is CCCC(=O)OCCCCOc1ccc(C(=O)Oc2ccc(C#N)cc2)cc1. The maximum Gasteiger partial charge on any atom is 0.343 e. The fraction of sp³-hybridized carbons (Fsp3) is 0.318. The smallest absolute Gasteiger partial charge is 0.343 e. The Morgan fingerprint density at radius 1 is 0.929 bits per heavy atom. The highest BCUT2D eigenvalue weighted by Crippen LogP contribution is 2.17. The van der Waals surface area contributed by atoms with Gasteiger partial charge < -0.3 is 14.2 Å². The van der Waals surface area contributed by atoms with Crippen LogP contribution in [-0.2, 0) is 9.53 Å². The molecule has 0 N–H and O–H groups in total. The van der Waals surface area contributed by atoms with Crippen LogP contribution < -0.4 is 9.47 Å². The molecule has 0 bridgehead atoms. The Balaban J connectivity index is 1.71. The van der Waals surface area contributed by atoms with Gasteiger partial charge in [0, 0.05) is 6.42 Å². The maximum absolute atomic E-state index is 12.1. The van der Waals surface area contributed by atoms with Crippen molar-refractivity contribution in [3.05, 3.63) is 59.7 Å². The number of ether oxygens (including phenoxy) is 3. The molecule has 146 valence electrons. The molecule has 0 saturated carbocycles. The molecule has 0 radical (unpaired) electrons. The van der Waals surface area contributed by atoms with Crippen LogP contribution in [0.4, 0.5) is 0 Å². The monoisotopic (exact) mass is 381 g/mol. The fourth-order valence-electron chi connectivity index (χ4n) is 2.31. The lowest BCUT2D eigenvalue weighted by molar-refractivity contribution is -0.143. The molecular weight excluding hydrogens is 358 g/mol. The number of nitriles is 1. The summed E-state index contributed by atoms with van der Waals surface area (Å²) in [7, 11) is 0. The molecule has 2 aromatic rings. The van der Waals surface area contributed by atoms with Crippen molar-refractivity contribution >= 4 is 11.9 Å². The first-order valence-electron chi connectivity index (χ1n) is 9.23. The first-order valence-corrected chi connectivity index (χ1v) is 9.23. The topological polar surface area (TPSA) is 85.6 Å². The highest BCUT2D eigenvalue weighted by molar-refractivity contribution is 5.91. The van der Waals surface area contributed by atoms with Gasteiger partial charge in [0.25, 0.3) is 0 Å². The molecule has 0 atom stereocenters. The van der Waals surface area contributed by atoms with Crippen molar-refractivity contribution in [2.24, 2.45) is 0 Å². The molecule has 0 aromatic heterocycles. The number of benzene rings is 2. The Kier molecular flexibility index (Phi) is 8.54. The summed E-state index contributed by atoms with van der Waals surface area (Å²) >= 11 is 0. The average Bonchev–Trinajstić information content (AvgIpc) is 2.71. The van der Waals surface area contributed by atoms with Crippen molar-refractivity contribution in [2.75, 3.05) is 13.2 Å². The van der Waals surface area contributed by atoms with E-state index < -0.39 is 5.97 Å². The largest absolute Gasteiger partial charge is 0.494 e. The summed E-state index contributed by atoms with van der Waals surface area (Å²) in [5.41, 5.74) is 0.903. The third kappa shape index (κ3) is 7.12. The molecule has 0 aliphatic rings. The van der Waals surface area contributed by atoms with Gasteiger partial charge in [-0.3, -0.25) is 4.79 Å². The zero-order valence-corrected chi connectivity index (χ0v) is 15.8. The van der Waals surface area contributed by atoms with Gasteiger partial charge >= 0.3 is 11.9 Å². The average molecular weight is 381 g/mol. The van der Waals surface area contributed by atoms with Gasteiger partial charge in [-0.1, -0.05) is 6.92 Å². The molecule has 0 fully saturated rings. The molecule has 0 amide bonds. The van der Waals surface area contributed by atoms with Crippen molar-refractivity contribution in [3.8, 4) is 17.6 Å². The summed E-state index contributed by atoms with van der Waals surface area (Å²) in [4.78, 5) is 23.4. The van der Waals surface area contributed by atoms with Crippen LogP contribution >= 0.6 is 0 Å². The molecule has 0 aliphatic heterocycles. The van der Waals surface area contributed by atoms with E-state index in [4.69, 9.17) is 19.5 Å². The second-order valence-electron chi connectivity index (χ2n) is 6.08. The minimum absolute atomic E-state index is 0.160. The quantitative estimate of drug-likeness (QED) is 0.347. The molecule has 0 heterocycles. The zero-order valence-electron chi connectivity index (χ0n) is 15.8. The lowest BCUT2D eigenvalue weighted by Crippen LogP contribution is -2.08. The van der Waals surface area contributed by atoms with Crippen LogP contribution in [0.3, 0.4) is 0 Å².